The van der Waals surface area contributed by atoms with Crippen LogP contribution in [0.2, 0.25) is 0 Å². The molecule has 3 saturated heterocycles. The topological polar surface area (TPSA) is 27.7 Å². The predicted molar refractivity (Wildman–Crippen MR) is 48.1 cm³/mol. The van der Waals surface area contributed by atoms with Crippen molar-refractivity contribution in [2.75, 3.05) is 19.8 Å². The van der Waals surface area contributed by atoms with E-state index in [0.717, 1.165) is 26.2 Å². The van der Waals surface area contributed by atoms with Gasteiger partial charge in [0.1, 0.15) is 0 Å². The van der Waals surface area contributed by atoms with Crippen molar-refractivity contribution in [1.29, 1.82) is 0 Å². The van der Waals surface area contributed by atoms with Crippen LogP contribution in [0.4, 0.5) is 0 Å². The van der Waals surface area contributed by atoms with Crippen molar-refractivity contribution in [2.24, 2.45) is 11.3 Å². The van der Waals surface area contributed by atoms with Gasteiger partial charge in [0.15, 0.2) is 0 Å². The van der Waals surface area contributed by atoms with Crippen molar-refractivity contribution in [1.82, 2.24) is 0 Å². The van der Waals surface area contributed by atoms with Gasteiger partial charge in [0.2, 0.25) is 0 Å². The number of rotatable bonds is 2. The Labute approximate surface area is 79.4 Å². The van der Waals surface area contributed by atoms with Gasteiger partial charge in [-0.25, -0.2) is 0 Å². The summed E-state index contributed by atoms with van der Waals surface area (Å²) in [7, 11) is 0. The number of fused-ring (bicyclic) bond motifs is 3. The molecule has 0 aliphatic carbocycles. The van der Waals surface area contributed by atoms with Crippen LogP contribution in [-0.4, -0.2) is 25.8 Å². The summed E-state index contributed by atoms with van der Waals surface area (Å²) in [6.45, 7) is 8.61. The van der Waals surface area contributed by atoms with E-state index >= 15 is 0 Å². The van der Waals surface area contributed by atoms with Crippen LogP contribution in [0, 0.1) is 11.3 Å². The van der Waals surface area contributed by atoms with Gasteiger partial charge in [-0.3, -0.25) is 0 Å². The van der Waals surface area contributed by atoms with Gasteiger partial charge >= 0.3 is 0 Å². The summed E-state index contributed by atoms with van der Waals surface area (Å²) >= 11 is 0. The normalized spacial score (nSPS) is 44.3. The summed E-state index contributed by atoms with van der Waals surface area (Å²) in [6, 6.07) is 0. The molecular weight excluding hydrogens is 168 g/mol. The van der Waals surface area contributed by atoms with Gasteiger partial charge in [-0.05, 0) is 6.42 Å². The highest BCUT2D eigenvalue weighted by Gasteiger charge is 2.53. The van der Waals surface area contributed by atoms with Crippen molar-refractivity contribution >= 4 is 0 Å². The average Bonchev–Trinajstić information content (AvgIpc) is 2.20. The van der Waals surface area contributed by atoms with Crippen molar-refractivity contribution in [3.05, 3.63) is 0 Å². The average molecular weight is 186 g/mol. The summed E-state index contributed by atoms with van der Waals surface area (Å²) in [5, 5.41) is 0. The Balaban J connectivity index is 2.11. The largest absolute Gasteiger partial charge is 0.326 e. The van der Waals surface area contributed by atoms with E-state index in [-0.39, 0.29) is 11.3 Å². The molecule has 0 spiro atoms. The molecule has 3 fully saturated rings. The molecule has 2 bridgehead atoms. The van der Waals surface area contributed by atoms with E-state index in [4.69, 9.17) is 14.2 Å². The van der Waals surface area contributed by atoms with E-state index in [9.17, 15) is 0 Å². The van der Waals surface area contributed by atoms with Crippen LogP contribution in [-0.2, 0) is 14.2 Å². The zero-order chi connectivity index (χ0) is 9.53. The highest BCUT2D eigenvalue weighted by atomic mass is 16.9. The number of hydrogen-bond acceptors (Lipinski definition) is 3. The molecule has 0 N–H and O–H groups in total. The van der Waals surface area contributed by atoms with Gasteiger partial charge in [0, 0.05) is 11.3 Å². The summed E-state index contributed by atoms with van der Waals surface area (Å²) in [5.41, 5.74) is 0.122. The Hall–Kier alpha value is -0.120. The zero-order valence-corrected chi connectivity index (χ0v) is 8.63. The monoisotopic (exact) mass is 186 g/mol. The molecule has 3 rings (SSSR count). The van der Waals surface area contributed by atoms with Crippen LogP contribution in [0.1, 0.15) is 27.2 Å². The first-order chi connectivity index (χ1) is 6.13. The van der Waals surface area contributed by atoms with Crippen LogP contribution < -0.4 is 0 Å². The fourth-order valence-electron chi connectivity index (χ4n) is 1.82. The quantitative estimate of drug-likeness (QED) is 0.657. The fraction of sp³-hybridized carbons (Fsp3) is 1.00. The van der Waals surface area contributed by atoms with Crippen LogP contribution in [0.5, 0.6) is 0 Å². The third-order valence-corrected chi connectivity index (χ3v) is 3.20. The molecule has 3 aliphatic rings. The van der Waals surface area contributed by atoms with Gasteiger partial charge in [-0.2, -0.15) is 0 Å². The van der Waals surface area contributed by atoms with Gasteiger partial charge < -0.3 is 14.2 Å². The van der Waals surface area contributed by atoms with Crippen LogP contribution in [0.15, 0.2) is 0 Å². The Morgan fingerprint density at radius 2 is 1.54 bits per heavy atom. The Morgan fingerprint density at radius 1 is 1.08 bits per heavy atom. The highest BCUT2D eigenvalue weighted by molar-refractivity contribution is 4.88. The van der Waals surface area contributed by atoms with Crippen LogP contribution in [0.3, 0.4) is 0 Å². The molecular formula is C10H18O3. The molecule has 3 heteroatoms. The van der Waals surface area contributed by atoms with Crippen molar-refractivity contribution in [3.8, 4) is 0 Å². The fourth-order valence-corrected chi connectivity index (χ4v) is 1.82. The number of hydrogen-bond donors (Lipinski definition) is 0. The van der Waals surface area contributed by atoms with E-state index in [0.29, 0.717) is 0 Å². The standard InChI is InChI=1S/C10H18O3/c1-4-9-5-11-10(8(2)3,12-6-9)13-7-9/h8H,4-7H2,1-3H3. The van der Waals surface area contributed by atoms with E-state index in [2.05, 4.69) is 20.8 Å². The van der Waals surface area contributed by atoms with Gasteiger partial charge in [-0.15, -0.1) is 0 Å². The van der Waals surface area contributed by atoms with Crippen molar-refractivity contribution in [2.45, 2.75) is 33.2 Å². The highest BCUT2D eigenvalue weighted by Crippen LogP contribution is 2.43. The minimum absolute atomic E-state index is 0.122. The second kappa shape index (κ2) is 2.94. The first kappa shape index (κ1) is 9.44. The van der Waals surface area contributed by atoms with E-state index in [1.807, 2.05) is 0 Å². The summed E-state index contributed by atoms with van der Waals surface area (Å²) < 4.78 is 17.0. The van der Waals surface area contributed by atoms with E-state index in [1.165, 1.54) is 0 Å². The molecule has 0 unspecified atom stereocenters. The van der Waals surface area contributed by atoms with E-state index in [1.54, 1.807) is 0 Å². The molecule has 0 aromatic carbocycles. The summed E-state index contributed by atoms with van der Waals surface area (Å²) in [5.74, 6) is -0.487. The zero-order valence-electron chi connectivity index (χ0n) is 8.63. The minimum atomic E-state index is -0.739. The molecule has 3 nitrogen and oxygen atoms in total. The molecule has 13 heavy (non-hydrogen) atoms. The SMILES string of the molecule is CCC12COC(C(C)C)(OC1)OC2. The lowest BCUT2D eigenvalue weighted by molar-refractivity contribution is -0.483. The minimum Gasteiger partial charge on any atom is -0.326 e. The lowest BCUT2D eigenvalue weighted by Gasteiger charge is -2.53. The van der Waals surface area contributed by atoms with Crippen molar-refractivity contribution in [3.63, 3.8) is 0 Å². The van der Waals surface area contributed by atoms with E-state index < -0.39 is 5.97 Å². The molecule has 3 heterocycles. The second-order valence-electron chi connectivity index (χ2n) is 4.48. The molecule has 76 valence electrons. The lowest BCUT2D eigenvalue weighted by Crippen LogP contribution is -2.61. The molecule has 3 aliphatic heterocycles. The maximum atomic E-state index is 5.68. The van der Waals surface area contributed by atoms with Crippen LogP contribution >= 0.6 is 0 Å². The molecule has 0 atom stereocenters. The van der Waals surface area contributed by atoms with Gasteiger partial charge in [0.25, 0.3) is 5.97 Å². The molecule has 0 saturated carbocycles. The Bertz CT molecular complexity index is 176. The maximum Gasteiger partial charge on any atom is 0.285 e. The first-order valence-electron chi connectivity index (χ1n) is 5.04. The third kappa shape index (κ3) is 1.30. The molecule has 0 radical (unpaired) electrons. The first-order valence-corrected chi connectivity index (χ1v) is 5.04. The predicted octanol–water partition coefficient (Wildman–Crippen LogP) is 1.77. The van der Waals surface area contributed by atoms with Crippen LogP contribution in [0.25, 0.3) is 0 Å². The molecule has 0 aromatic heterocycles. The van der Waals surface area contributed by atoms with Crippen molar-refractivity contribution < 1.29 is 14.2 Å². The van der Waals surface area contributed by atoms with Gasteiger partial charge in [0.05, 0.1) is 19.8 Å². The third-order valence-electron chi connectivity index (χ3n) is 3.20. The molecule has 0 amide bonds. The maximum absolute atomic E-state index is 5.68. The Kier molecular flexibility index (Phi) is 2.13. The lowest BCUT2D eigenvalue weighted by atomic mass is 9.85. The summed E-state index contributed by atoms with van der Waals surface area (Å²) in [4.78, 5) is 0. The number of ether oxygens (including phenoxy) is 3. The Morgan fingerprint density at radius 3 is 1.85 bits per heavy atom. The summed E-state index contributed by atoms with van der Waals surface area (Å²) in [6.07, 6.45) is 1.06. The smallest absolute Gasteiger partial charge is 0.285 e. The van der Waals surface area contributed by atoms with Gasteiger partial charge in [-0.1, -0.05) is 20.8 Å². The molecule has 0 aromatic rings. The second-order valence-corrected chi connectivity index (χ2v) is 4.48.